The van der Waals surface area contributed by atoms with Gasteiger partial charge in [-0.25, -0.2) is 9.97 Å². The number of nitrogens with zero attached hydrogens (tertiary/aromatic N) is 3. The second-order valence-electron chi connectivity index (χ2n) is 8.26. The van der Waals surface area contributed by atoms with Crippen LogP contribution in [-0.2, 0) is 6.61 Å². The lowest BCUT2D eigenvalue weighted by atomic mass is 10.1. The van der Waals surface area contributed by atoms with Crippen LogP contribution in [0.4, 0.5) is 11.6 Å². The van der Waals surface area contributed by atoms with E-state index in [1.54, 1.807) is 18.5 Å². The number of benzene rings is 2. The van der Waals surface area contributed by atoms with Gasteiger partial charge in [-0.3, -0.25) is 19.9 Å². The molecule has 0 spiro atoms. The Morgan fingerprint density at radius 2 is 1.81 bits per heavy atom. The van der Waals surface area contributed by atoms with Crippen molar-refractivity contribution >= 4 is 34.5 Å². The number of fused-ring (bicyclic) bond motifs is 1. The molecule has 0 saturated heterocycles. The zero-order valence-corrected chi connectivity index (χ0v) is 19.6. The van der Waals surface area contributed by atoms with Gasteiger partial charge >= 0.3 is 0 Å². The lowest BCUT2D eigenvalue weighted by Gasteiger charge is -2.09. The SMILES string of the molecule is Cc1ccc(NC(=O)c2nc[nH]c2C(=O)Nc2nc3cc(OCc4ccncc4)ccc3[nH]2)c(C)c1. The van der Waals surface area contributed by atoms with Gasteiger partial charge in [0.25, 0.3) is 11.8 Å². The van der Waals surface area contributed by atoms with Gasteiger partial charge in [-0.15, -0.1) is 0 Å². The predicted octanol–water partition coefficient (Wildman–Crippen LogP) is 4.38. The molecule has 0 saturated carbocycles. The monoisotopic (exact) mass is 481 g/mol. The minimum Gasteiger partial charge on any atom is -0.489 e. The van der Waals surface area contributed by atoms with Crippen molar-refractivity contribution in [3.05, 3.63) is 95.3 Å². The smallest absolute Gasteiger partial charge is 0.276 e. The number of rotatable bonds is 7. The molecule has 180 valence electrons. The molecule has 0 bridgehead atoms. The third-order valence-electron chi connectivity index (χ3n) is 5.55. The fraction of sp³-hybridized carbons (Fsp3) is 0.115. The molecule has 5 rings (SSSR count). The van der Waals surface area contributed by atoms with E-state index >= 15 is 0 Å². The highest BCUT2D eigenvalue weighted by molar-refractivity contribution is 6.13. The number of carbonyl (C=O) groups is 2. The van der Waals surface area contributed by atoms with Gasteiger partial charge in [0.1, 0.15) is 18.1 Å². The van der Waals surface area contributed by atoms with Crippen LogP contribution in [0.5, 0.6) is 5.75 Å². The normalized spacial score (nSPS) is 10.8. The molecule has 0 radical (unpaired) electrons. The molecule has 2 amide bonds. The van der Waals surface area contributed by atoms with E-state index in [1.165, 1.54) is 6.33 Å². The molecule has 2 aromatic carbocycles. The van der Waals surface area contributed by atoms with Gasteiger partial charge in [0, 0.05) is 24.1 Å². The lowest BCUT2D eigenvalue weighted by Crippen LogP contribution is -2.21. The number of ether oxygens (including phenoxy) is 1. The first kappa shape index (κ1) is 22.8. The van der Waals surface area contributed by atoms with Gasteiger partial charge in [0.15, 0.2) is 5.69 Å². The van der Waals surface area contributed by atoms with Gasteiger partial charge in [0.05, 0.1) is 17.4 Å². The Labute approximate surface area is 206 Å². The van der Waals surface area contributed by atoms with Crippen molar-refractivity contribution in [1.82, 2.24) is 24.9 Å². The molecule has 10 heteroatoms. The number of hydrogen-bond acceptors (Lipinski definition) is 6. The summed E-state index contributed by atoms with van der Waals surface area (Å²) in [7, 11) is 0. The Kier molecular flexibility index (Phi) is 6.14. The molecule has 36 heavy (non-hydrogen) atoms. The van der Waals surface area contributed by atoms with Gasteiger partial charge in [0.2, 0.25) is 5.95 Å². The molecule has 5 aromatic rings. The molecule has 0 fully saturated rings. The van der Waals surface area contributed by atoms with Crippen LogP contribution in [-0.4, -0.2) is 36.7 Å². The van der Waals surface area contributed by atoms with Crippen LogP contribution in [0.15, 0.2) is 67.3 Å². The molecule has 3 heterocycles. The molecule has 0 aliphatic rings. The summed E-state index contributed by atoms with van der Waals surface area (Å²) in [5.41, 5.74) is 5.00. The maximum Gasteiger partial charge on any atom is 0.276 e. The summed E-state index contributed by atoms with van der Waals surface area (Å²) in [6, 6.07) is 14.9. The Bertz CT molecular complexity index is 1560. The molecule has 0 aliphatic heterocycles. The number of carbonyl (C=O) groups excluding carboxylic acids is 2. The van der Waals surface area contributed by atoms with Crippen molar-refractivity contribution in [3.63, 3.8) is 0 Å². The molecule has 3 aromatic heterocycles. The fourth-order valence-electron chi connectivity index (χ4n) is 3.73. The third kappa shape index (κ3) is 4.92. The second-order valence-corrected chi connectivity index (χ2v) is 8.26. The third-order valence-corrected chi connectivity index (χ3v) is 5.55. The topological polar surface area (TPSA) is 138 Å². The Morgan fingerprint density at radius 1 is 0.972 bits per heavy atom. The van der Waals surface area contributed by atoms with Gasteiger partial charge < -0.3 is 20.0 Å². The number of hydrogen-bond donors (Lipinski definition) is 4. The molecule has 0 aliphatic carbocycles. The summed E-state index contributed by atoms with van der Waals surface area (Å²) >= 11 is 0. The van der Waals surface area contributed by atoms with Crippen molar-refractivity contribution in [2.45, 2.75) is 20.5 Å². The zero-order valence-electron chi connectivity index (χ0n) is 19.6. The number of anilines is 2. The summed E-state index contributed by atoms with van der Waals surface area (Å²) < 4.78 is 5.83. The molecular formula is C26H23N7O3. The Morgan fingerprint density at radius 3 is 2.61 bits per heavy atom. The average molecular weight is 482 g/mol. The average Bonchev–Trinajstić information content (AvgIpc) is 3.52. The maximum atomic E-state index is 12.9. The van der Waals surface area contributed by atoms with Crippen molar-refractivity contribution in [3.8, 4) is 5.75 Å². The Hall–Kier alpha value is -4.99. The van der Waals surface area contributed by atoms with E-state index in [-0.39, 0.29) is 17.3 Å². The molecular weight excluding hydrogens is 458 g/mol. The minimum absolute atomic E-state index is 0.0182. The summed E-state index contributed by atoms with van der Waals surface area (Å²) in [4.78, 5) is 44.0. The number of pyridine rings is 1. The van der Waals surface area contributed by atoms with E-state index in [0.29, 0.717) is 23.6 Å². The van der Waals surface area contributed by atoms with Gasteiger partial charge in [-0.05, 0) is 55.3 Å². The van der Waals surface area contributed by atoms with Crippen molar-refractivity contribution in [2.24, 2.45) is 0 Å². The van der Waals surface area contributed by atoms with E-state index < -0.39 is 11.8 Å². The van der Waals surface area contributed by atoms with Crippen molar-refractivity contribution in [1.29, 1.82) is 0 Å². The van der Waals surface area contributed by atoms with Crippen LogP contribution < -0.4 is 15.4 Å². The first-order valence-electron chi connectivity index (χ1n) is 11.2. The molecule has 0 unspecified atom stereocenters. The first-order valence-corrected chi connectivity index (χ1v) is 11.2. The van der Waals surface area contributed by atoms with Crippen LogP contribution in [0.2, 0.25) is 0 Å². The van der Waals surface area contributed by atoms with Crippen molar-refractivity contribution in [2.75, 3.05) is 10.6 Å². The Balaban J connectivity index is 1.28. The highest BCUT2D eigenvalue weighted by Crippen LogP contribution is 2.22. The molecule has 10 nitrogen and oxygen atoms in total. The standard InChI is InChI=1S/C26H23N7O3/c1-15-3-5-19(16(2)11-15)30-24(34)22-23(29-14-28-22)25(35)33-26-31-20-6-4-18(12-21(20)32-26)36-13-17-7-9-27-10-8-17/h3-12,14H,13H2,1-2H3,(H,28,29)(H,30,34)(H2,31,32,33,35). The largest absolute Gasteiger partial charge is 0.489 e. The summed E-state index contributed by atoms with van der Waals surface area (Å²) in [5.74, 6) is -0.167. The van der Waals surface area contributed by atoms with Gasteiger partial charge in [-0.2, -0.15) is 0 Å². The number of amides is 2. The van der Waals surface area contributed by atoms with Crippen LogP contribution in [0.25, 0.3) is 11.0 Å². The second kappa shape index (κ2) is 9.71. The van der Waals surface area contributed by atoms with Crippen LogP contribution in [0, 0.1) is 13.8 Å². The molecule has 4 N–H and O–H groups in total. The quantitative estimate of drug-likeness (QED) is 0.272. The van der Waals surface area contributed by atoms with E-state index in [2.05, 4.69) is 35.6 Å². The summed E-state index contributed by atoms with van der Waals surface area (Å²) in [5, 5.41) is 5.49. The zero-order chi connectivity index (χ0) is 25.1. The highest BCUT2D eigenvalue weighted by atomic mass is 16.5. The van der Waals surface area contributed by atoms with Gasteiger partial charge in [-0.1, -0.05) is 17.7 Å². The van der Waals surface area contributed by atoms with Crippen LogP contribution in [0.3, 0.4) is 0 Å². The van der Waals surface area contributed by atoms with E-state index in [9.17, 15) is 9.59 Å². The summed E-state index contributed by atoms with van der Waals surface area (Å²) in [6.45, 7) is 4.27. The molecule has 0 atom stereocenters. The van der Waals surface area contributed by atoms with Crippen LogP contribution in [0.1, 0.15) is 37.7 Å². The summed E-state index contributed by atoms with van der Waals surface area (Å²) in [6.07, 6.45) is 4.72. The number of aromatic amines is 2. The number of imidazole rings is 2. The lowest BCUT2D eigenvalue weighted by molar-refractivity contribution is 0.0985. The van der Waals surface area contributed by atoms with Crippen LogP contribution >= 0.6 is 0 Å². The fourth-order valence-corrected chi connectivity index (χ4v) is 3.73. The number of H-pyrrole nitrogens is 2. The minimum atomic E-state index is -0.550. The number of aromatic nitrogens is 5. The first-order chi connectivity index (χ1) is 17.5. The number of aryl methyl sites for hydroxylation is 2. The predicted molar refractivity (Wildman–Crippen MR) is 135 cm³/mol. The highest BCUT2D eigenvalue weighted by Gasteiger charge is 2.22. The van der Waals surface area contributed by atoms with E-state index in [4.69, 9.17) is 4.74 Å². The number of nitrogens with one attached hydrogen (secondary N) is 4. The van der Waals surface area contributed by atoms with E-state index in [1.807, 2.05) is 56.3 Å². The van der Waals surface area contributed by atoms with Crippen molar-refractivity contribution < 1.29 is 14.3 Å². The maximum absolute atomic E-state index is 12.9. The van der Waals surface area contributed by atoms with E-state index in [0.717, 1.165) is 22.2 Å².